The van der Waals surface area contributed by atoms with Gasteiger partial charge in [-0.25, -0.2) is 0 Å². The Balaban J connectivity index is 2.67. The molecule has 1 unspecified atom stereocenters. The lowest BCUT2D eigenvalue weighted by Gasteiger charge is -2.18. The quantitative estimate of drug-likeness (QED) is 0.590. The molecule has 0 aromatic carbocycles. The lowest BCUT2D eigenvalue weighted by atomic mass is 10.4. The van der Waals surface area contributed by atoms with Crippen molar-refractivity contribution >= 4 is 10.1 Å². The number of hydrogen-bond acceptors (Lipinski definition) is 5. The first-order chi connectivity index (χ1) is 5.72. The highest BCUT2D eigenvalue weighted by atomic mass is 32.2. The summed E-state index contributed by atoms with van der Waals surface area (Å²) in [7, 11) is -4.49. The van der Waals surface area contributed by atoms with Crippen LogP contribution in [-0.4, -0.2) is 42.0 Å². The van der Waals surface area contributed by atoms with Crippen LogP contribution in [0.3, 0.4) is 0 Å². The van der Waals surface area contributed by atoms with Gasteiger partial charge in [0.2, 0.25) is 5.44 Å². The van der Waals surface area contributed by atoms with Crippen LogP contribution in [0.5, 0.6) is 0 Å². The molecule has 6 nitrogen and oxygen atoms in total. The monoisotopic (exact) mass is 212 g/mol. The minimum Gasteiger partial charge on any atom is -0.373 e. The molecule has 1 aliphatic rings. The van der Waals surface area contributed by atoms with Crippen molar-refractivity contribution < 1.29 is 27.6 Å². The molecule has 0 radical (unpaired) electrons. The summed E-state index contributed by atoms with van der Waals surface area (Å²) >= 11 is 0. The zero-order valence-electron chi connectivity index (χ0n) is 7.30. The number of rotatable bonds is 2. The van der Waals surface area contributed by atoms with E-state index in [0.29, 0.717) is 0 Å². The van der Waals surface area contributed by atoms with E-state index < -0.39 is 27.4 Å². The van der Waals surface area contributed by atoms with Gasteiger partial charge < -0.3 is 14.6 Å². The standard InChI is InChI=1S/C6H12O6S/c1-6(2)11-3-4(12-6)5(7)13(8,9)10/h4-5,7H,3H2,1-2H3,(H,8,9,10)/t4-,5?/m1/s1. The van der Waals surface area contributed by atoms with Crippen LogP contribution in [0.2, 0.25) is 0 Å². The van der Waals surface area contributed by atoms with E-state index in [2.05, 4.69) is 0 Å². The fourth-order valence-corrected chi connectivity index (χ4v) is 1.57. The molecule has 0 aromatic rings. The van der Waals surface area contributed by atoms with Crippen LogP contribution in [0.4, 0.5) is 0 Å². The zero-order valence-corrected chi connectivity index (χ0v) is 8.11. The van der Waals surface area contributed by atoms with Crippen molar-refractivity contribution in [2.75, 3.05) is 6.61 Å². The van der Waals surface area contributed by atoms with Gasteiger partial charge in [0.15, 0.2) is 5.79 Å². The highest BCUT2D eigenvalue weighted by Gasteiger charge is 2.41. The normalized spacial score (nSPS) is 30.3. The van der Waals surface area contributed by atoms with E-state index in [1.165, 1.54) is 0 Å². The first-order valence-electron chi connectivity index (χ1n) is 3.68. The van der Waals surface area contributed by atoms with E-state index in [4.69, 9.17) is 19.1 Å². The number of aliphatic hydroxyl groups is 1. The van der Waals surface area contributed by atoms with Crippen LogP contribution < -0.4 is 0 Å². The molecule has 7 heteroatoms. The minimum absolute atomic E-state index is 0.0616. The Morgan fingerprint density at radius 2 is 2.08 bits per heavy atom. The van der Waals surface area contributed by atoms with Crippen molar-refractivity contribution in [1.82, 2.24) is 0 Å². The first-order valence-corrected chi connectivity index (χ1v) is 5.19. The summed E-state index contributed by atoms with van der Waals surface area (Å²) in [4.78, 5) is 0. The Morgan fingerprint density at radius 3 is 2.38 bits per heavy atom. The molecule has 0 saturated carbocycles. The maximum Gasteiger partial charge on any atom is 0.294 e. The smallest absolute Gasteiger partial charge is 0.294 e. The van der Waals surface area contributed by atoms with Gasteiger partial charge in [0.05, 0.1) is 6.61 Å². The first kappa shape index (κ1) is 10.9. The van der Waals surface area contributed by atoms with Gasteiger partial charge in [-0.15, -0.1) is 0 Å². The summed E-state index contributed by atoms with van der Waals surface area (Å²) in [5.41, 5.74) is -1.95. The second kappa shape index (κ2) is 3.18. The van der Waals surface area contributed by atoms with Gasteiger partial charge in [0.25, 0.3) is 10.1 Å². The molecule has 2 N–H and O–H groups in total. The molecule has 1 saturated heterocycles. The predicted octanol–water partition coefficient (Wildman–Crippen LogP) is -0.656. The van der Waals surface area contributed by atoms with Crippen LogP contribution in [0.25, 0.3) is 0 Å². The molecule has 1 aliphatic heterocycles. The summed E-state index contributed by atoms with van der Waals surface area (Å²) in [5.74, 6) is -0.920. The molecule has 0 aliphatic carbocycles. The maximum absolute atomic E-state index is 10.5. The second-order valence-electron chi connectivity index (χ2n) is 3.27. The summed E-state index contributed by atoms with van der Waals surface area (Å²) in [6, 6.07) is 0. The van der Waals surface area contributed by atoms with Crippen LogP contribution >= 0.6 is 0 Å². The Morgan fingerprint density at radius 1 is 1.54 bits per heavy atom. The van der Waals surface area contributed by atoms with Crippen LogP contribution in [0.15, 0.2) is 0 Å². The molecule has 1 fully saturated rings. The molecular weight excluding hydrogens is 200 g/mol. The molecule has 0 bridgehead atoms. The largest absolute Gasteiger partial charge is 0.373 e. The molecule has 0 spiro atoms. The Hall–Kier alpha value is -0.210. The van der Waals surface area contributed by atoms with Crippen LogP contribution in [0, 0.1) is 0 Å². The lowest BCUT2D eigenvalue weighted by molar-refractivity contribution is -0.145. The van der Waals surface area contributed by atoms with Gasteiger partial charge in [-0.05, 0) is 13.8 Å². The predicted molar refractivity (Wildman–Crippen MR) is 42.5 cm³/mol. The van der Waals surface area contributed by atoms with Gasteiger partial charge in [-0.2, -0.15) is 8.42 Å². The van der Waals surface area contributed by atoms with Crippen molar-refractivity contribution in [2.45, 2.75) is 31.2 Å². The molecule has 1 rings (SSSR count). The third-order valence-corrected chi connectivity index (χ3v) is 2.57. The summed E-state index contributed by atoms with van der Waals surface area (Å²) in [6.07, 6.45) is -1.04. The van der Waals surface area contributed by atoms with Crippen molar-refractivity contribution in [3.63, 3.8) is 0 Å². The molecular formula is C6H12O6S. The molecule has 0 aromatic heterocycles. The fourth-order valence-electron chi connectivity index (χ4n) is 1.05. The van der Waals surface area contributed by atoms with Gasteiger partial charge in [0, 0.05) is 0 Å². The molecule has 0 amide bonds. The summed E-state index contributed by atoms with van der Waals surface area (Å²) in [5, 5.41) is 9.07. The maximum atomic E-state index is 10.5. The van der Waals surface area contributed by atoms with Crippen molar-refractivity contribution in [3.05, 3.63) is 0 Å². The average molecular weight is 212 g/mol. The third-order valence-electron chi connectivity index (χ3n) is 1.65. The van der Waals surface area contributed by atoms with Crippen molar-refractivity contribution in [2.24, 2.45) is 0 Å². The number of hydrogen-bond donors (Lipinski definition) is 2. The van der Waals surface area contributed by atoms with E-state index in [9.17, 15) is 8.42 Å². The zero-order chi connectivity index (χ0) is 10.3. The molecule has 2 atom stereocenters. The topological polar surface area (TPSA) is 93.1 Å². The fraction of sp³-hybridized carbons (Fsp3) is 1.00. The third kappa shape index (κ3) is 2.61. The summed E-state index contributed by atoms with van der Waals surface area (Å²) in [6.45, 7) is 3.11. The average Bonchev–Trinajstić information content (AvgIpc) is 2.26. The highest BCUT2D eigenvalue weighted by molar-refractivity contribution is 7.86. The Bertz CT molecular complexity index is 281. The van der Waals surface area contributed by atoms with Crippen LogP contribution in [0.1, 0.15) is 13.8 Å². The van der Waals surface area contributed by atoms with E-state index in [1.807, 2.05) is 0 Å². The van der Waals surface area contributed by atoms with Crippen molar-refractivity contribution in [3.8, 4) is 0 Å². The van der Waals surface area contributed by atoms with Gasteiger partial charge in [-0.3, -0.25) is 4.55 Å². The molecule has 13 heavy (non-hydrogen) atoms. The second-order valence-corrected chi connectivity index (χ2v) is 4.79. The Labute approximate surface area is 76.2 Å². The number of ether oxygens (including phenoxy) is 2. The minimum atomic E-state index is -4.49. The van der Waals surface area contributed by atoms with Crippen molar-refractivity contribution in [1.29, 1.82) is 0 Å². The van der Waals surface area contributed by atoms with Crippen LogP contribution in [-0.2, 0) is 19.6 Å². The summed E-state index contributed by atoms with van der Waals surface area (Å²) < 4.78 is 39.5. The van der Waals surface area contributed by atoms with E-state index >= 15 is 0 Å². The van der Waals surface area contributed by atoms with Gasteiger partial charge >= 0.3 is 0 Å². The lowest BCUT2D eigenvalue weighted by Crippen LogP contribution is -2.36. The molecule has 1 heterocycles. The van der Waals surface area contributed by atoms with E-state index in [0.717, 1.165) is 0 Å². The van der Waals surface area contributed by atoms with E-state index in [-0.39, 0.29) is 6.61 Å². The SMILES string of the molecule is CC1(C)OC[C@H](C(O)S(=O)(=O)O)O1. The van der Waals surface area contributed by atoms with E-state index in [1.54, 1.807) is 13.8 Å². The molecule has 78 valence electrons. The van der Waals surface area contributed by atoms with Gasteiger partial charge in [0.1, 0.15) is 6.10 Å². The highest BCUT2D eigenvalue weighted by Crippen LogP contribution is 2.25. The van der Waals surface area contributed by atoms with Gasteiger partial charge in [-0.1, -0.05) is 0 Å². The Kier molecular flexibility index (Phi) is 2.65. The number of aliphatic hydroxyl groups excluding tert-OH is 1.